The molecule has 1 aromatic carbocycles. The van der Waals surface area contributed by atoms with E-state index in [9.17, 15) is 9.59 Å². The second kappa shape index (κ2) is 4.90. The number of aryl methyl sites for hydroxylation is 1. The molecule has 0 bridgehead atoms. The van der Waals surface area contributed by atoms with Crippen LogP contribution in [0.2, 0.25) is 0 Å². The van der Waals surface area contributed by atoms with Gasteiger partial charge in [0.2, 0.25) is 0 Å². The highest BCUT2D eigenvalue weighted by molar-refractivity contribution is 6.13. The number of anilines is 1. The second-order valence-electron chi connectivity index (χ2n) is 4.65. The van der Waals surface area contributed by atoms with Crippen LogP contribution in [-0.2, 0) is 7.05 Å². The van der Waals surface area contributed by atoms with Crippen molar-refractivity contribution in [2.75, 3.05) is 5.32 Å². The Morgan fingerprint density at radius 1 is 1.24 bits per heavy atom. The van der Waals surface area contributed by atoms with Gasteiger partial charge < -0.3 is 9.73 Å². The summed E-state index contributed by atoms with van der Waals surface area (Å²) in [7, 11) is 1.67. The number of nitrogens with one attached hydrogen (secondary N) is 1. The molecule has 3 rings (SSSR count). The van der Waals surface area contributed by atoms with E-state index in [0.29, 0.717) is 22.4 Å². The molecular formula is C15H13N3O3. The summed E-state index contributed by atoms with van der Waals surface area (Å²) in [6, 6.07) is 8.78. The highest BCUT2D eigenvalue weighted by atomic mass is 16.3. The SMILES string of the molecule is CC(=O)c1oc2ccccc2c1NC(=O)c1ccnn1C. The first-order chi connectivity index (χ1) is 10.1. The van der Waals surface area contributed by atoms with E-state index in [1.54, 1.807) is 25.2 Å². The van der Waals surface area contributed by atoms with Gasteiger partial charge in [-0.05, 0) is 18.2 Å². The van der Waals surface area contributed by atoms with Crippen LogP contribution in [0.4, 0.5) is 5.69 Å². The zero-order chi connectivity index (χ0) is 15.0. The third kappa shape index (κ3) is 2.20. The van der Waals surface area contributed by atoms with Crippen LogP contribution in [0.25, 0.3) is 11.0 Å². The van der Waals surface area contributed by atoms with E-state index in [-0.39, 0.29) is 17.5 Å². The molecule has 2 aromatic heterocycles. The minimum atomic E-state index is -0.343. The molecule has 0 radical (unpaired) electrons. The van der Waals surface area contributed by atoms with Crippen LogP contribution in [0.15, 0.2) is 40.9 Å². The lowest BCUT2D eigenvalue weighted by molar-refractivity contribution is 0.0990. The van der Waals surface area contributed by atoms with Crippen LogP contribution in [0.5, 0.6) is 0 Å². The van der Waals surface area contributed by atoms with E-state index in [2.05, 4.69) is 10.4 Å². The average molecular weight is 283 g/mol. The van der Waals surface area contributed by atoms with Crippen LogP contribution in [0.1, 0.15) is 28.0 Å². The summed E-state index contributed by atoms with van der Waals surface area (Å²) >= 11 is 0. The summed E-state index contributed by atoms with van der Waals surface area (Å²) in [5, 5.41) is 7.39. The molecule has 0 atom stereocenters. The summed E-state index contributed by atoms with van der Waals surface area (Å²) in [4.78, 5) is 24.0. The fourth-order valence-corrected chi connectivity index (χ4v) is 2.19. The molecule has 0 fully saturated rings. The Bertz CT molecular complexity index is 845. The number of nitrogens with zero attached hydrogens (tertiary/aromatic N) is 2. The predicted octanol–water partition coefficient (Wildman–Crippen LogP) is 2.62. The standard InChI is InChI=1S/C15H13N3O3/c1-9(19)14-13(10-5-3-4-6-12(10)21-14)17-15(20)11-7-8-16-18(11)2/h3-8H,1-2H3,(H,17,20). The van der Waals surface area contributed by atoms with Crippen LogP contribution in [-0.4, -0.2) is 21.5 Å². The summed E-state index contributed by atoms with van der Waals surface area (Å²) < 4.78 is 6.99. The van der Waals surface area contributed by atoms with Crippen molar-refractivity contribution >= 4 is 28.3 Å². The minimum Gasteiger partial charge on any atom is -0.451 e. The van der Waals surface area contributed by atoms with Gasteiger partial charge in [0.05, 0.1) is 5.69 Å². The monoisotopic (exact) mass is 283 g/mol. The zero-order valence-electron chi connectivity index (χ0n) is 11.6. The maximum Gasteiger partial charge on any atom is 0.274 e. The second-order valence-corrected chi connectivity index (χ2v) is 4.65. The van der Waals surface area contributed by atoms with Gasteiger partial charge in [0.25, 0.3) is 5.91 Å². The van der Waals surface area contributed by atoms with E-state index in [4.69, 9.17) is 4.42 Å². The number of fused-ring (bicyclic) bond motifs is 1. The number of carbonyl (C=O) groups excluding carboxylic acids is 2. The number of aromatic nitrogens is 2. The van der Waals surface area contributed by atoms with Gasteiger partial charge in [-0.2, -0.15) is 5.10 Å². The third-order valence-corrected chi connectivity index (χ3v) is 3.21. The largest absolute Gasteiger partial charge is 0.451 e. The first-order valence-corrected chi connectivity index (χ1v) is 6.39. The number of para-hydroxylation sites is 1. The molecule has 0 saturated heterocycles. The van der Waals surface area contributed by atoms with Gasteiger partial charge in [-0.25, -0.2) is 0 Å². The van der Waals surface area contributed by atoms with Crippen molar-refractivity contribution < 1.29 is 14.0 Å². The molecule has 6 heteroatoms. The van der Waals surface area contributed by atoms with E-state index in [1.165, 1.54) is 17.8 Å². The topological polar surface area (TPSA) is 77.1 Å². The molecule has 0 aliphatic rings. The first-order valence-electron chi connectivity index (χ1n) is 6.39. The fourth-order valence-electron chi connectivity index (χ4n) is 2.19. The molecule has 0 unspecified atom stereocenters. The lowest BCUT2D eigenvalue weighted by Gasteiger charge is -2.05. The Labute approximate surface area is 120 Å². The van der Waals surface area contributed by atoms with Crippen LogP contribution in [0.3, 0.4) is 0 Å². The van der Waals surface area contributed by atoms with E-state index < -0.39 is 0 Å². The molecule has 21 heavy (non-hydrogen) atoms. The molecule has 2 heterocycles. The number of Topliss-reactive ketones (excluding diaryl/α,β-unsaturated/α-hetero) is 1. The van der Waals surface area contributed by atoms with E-state index >= 15 is 0 Å². The Morgan fingerprint density at radius 3 is 2.67 bits per heavy atom. The number of rotatable bonds is 3. The Morgan fingerprint density at radius 2 is 2.00 bits per heavy atom. The highest BCUT2D eigenvalue weighted by Crippen LogP contribution is 2.31. The van der Waals surface area contributed by atoms with Crippen molar-refractivity contribution in [2.45, 2.75) is 6.92 Å². The normalized spacial score (nSPS) is 10.8. The molecule has 3 aromatic rings. The molecule has 0 spiro atoms. The molecule has 1 amide bonds. The van der Waals surface area contributed by atoms with Crippen molar-refractivity contribution in [3.05, 3.63) is 48.0 Å². The van der Waals surface area contributed by atoms with Crippen molar-refractivity contribution in [3.63, 3.8) is 0 Å². The molecule has 1 N–H and O–H groups in total. The molecule has 0 aliphatic heterocycles. The van der Waals surface area contributed by atoms with Gasteiger partial charge in [0.15, 0.2) is 11.5 Å². The van der Waals surface area contributed by atoms with Crippen molar-refractivity contribution in [2.24, 2.45) is 7.05 Å². The number of amides is 1. The summed E-state index contributed by atoms with van der Waals surface area (Å²) in [5.41, 5.74) is 1.35. The number of hydrogen-bond acceptors (Lipinski definition) is 4. The molecular weight excluding hydrogens is 270 g/mol. The number of benzene rings is 1. The van der Waals surface area contributed by atoms with Crippen molar-refractivity contribution in [3.8, 4) is 0 Å². The van der Waals surface area contributed by atoms with Gasteiger partial charge in [0.1, 0.15) is 11.3 Å². The van der Waals surface area contributed by atoms with E-state index in [1.807, 2.05) is 12.1 Å². The average Bonchev–Trinajstić information content (AvgIpc) is 3.03. The van der Waals surface area contributed by atoms with Gasteiger partial charge in [0, 0.05) is 25.6 Å². The fraction of sp³-hybridized carbons (Fsp3) is 0.133. The van der Waals surface area contributed by atoms with E-state index in [0.717, 1.165) is 0 Å². The molecule has 0 aliphatic carbocycles. The van der Waals surface area contributed by atoms with Gasteiger partial charge in [-0.1, -0.05) is 12.1 Å². The summed E-state index contributed by atoms with van der Waals surface area (Å²) in [5.74, 6) is -0.442. The maximum absolute atomic E-state index is 12.3. The minimum absolute atomic E-state index is 0.145. The Kier molecular flexibility index (Phi) is 3.06. The quantitative estimate of drug-likeness (QED) is 0.749. The summed E-state index contributed by atoms with van der Waals surface area (Å²) in [6.07, 6.45) is 1.54. The molecule has 106 valence electrons. The smallest absolute Gasteiger partial charge is 0.274 e. The lowest BCUT2D eigenvalue weighted by Crippen LogP contribution is -2.17. The number of ketones is 1. The van der Waals surface area contributed by atoms with Gasteiger partial charge >= 0.3 is 0 Å². The zero-order valence-corrected chi connectivity index (χ0v) is 11.6. The van der Waals surface area contributed by atoms with Gasteiger partial charge in [-0.3, -0.25) is 14.3 Å². The van der Waals surface area contributed by atoms with Crippen LogP contribution < -0.4 is 5.32 Å². The number of hydrogen-bond donors (Lipinski definition) is 1. The third-order valence-electron chi connectivity index (χ3n) is 3.21. The Balaban J connectivity index is 2.07. The number of furan rings is 1. The molecule has 6 nitrogen and oxygen atoms in total. The van der Waals surface area contributed by atoms with Crippen molar-refractivity contribution in [1.82, 2.24) is 9.78 Å². The first kappa shape index (κ1) is 13.1. The number of carbonyl (C=O) groups is 2. The van der Waals surface area contributed by atoms with Gasteiger partial charge in [-0.15, -0.1) is 0 Å². The summed E-state index contributed by atoms with van der Waals surface area (Å²) in [6.45, 7) is 1.40. The molecule has 0 saturated carbocycles. The lowest BCUT2D eigenvalue weighted by atomic mass is 10.2. The highest BCUT2D eigenvalue weighted by Gasteiger charge is 2.20. The Hall–Kier alpha value is -2.89. The van der Waals surface area contributed by atoms with Crippen LogP contribution >= 0.6 is 0 Å². The van der Waals surface area contributed by atoms with Crippen LogP contribution in [0, 0.1) is 0 Å². The maximum atomic E-state index is 12.3. The predicted molar refractivity (Wildman–Crippen MR) is 77.4 cm³/mol. The van der Waals surface area contributed by atoms with Crippen molar-refractivity contribution in [1.29, 1.82) is 0 Å².